The van der Waals surface area contributed by atoms with E-state index >= 15 is 0 Å². The summed E-state index contributed by atoms with van der Waals surface area (Å²) in [6.45, 7) is 3.55. The Morgan fingerprint density at radius 2 is 1.76 bits per heavy atom. The molecule has 4 N–H and O–H groups in total. The fraction of sp³-hybridized carbons (Fsp3) is 0.207. The number of aliphatic hydroxyl groups is 1. The first-order valence-corrected chi connectivity index (χ1v) is 12.5. The summed E-state index contributed by atoms with van der Waals surface area (Å²) in [7, 11) is 1.51. The van der Waals surface area contributed by atoms with Crippen LogP contribution in [0.25, 0.3) is 22.4 Å². The second kappa shape index (κ2) is 12.1. The molecule has 212 valence electrons. The van der Waals surface area contributed by atoms with Crippen molar-refractivity contribution in [3.05, 3.63) is 89.5 Å². The molecule has 41 heavy (non-hydrogen) atoms. The van der Waals surface area contributed by atoms with Gasteiger partial charge in [-0.05, 0) is 79.1 Å². The maximum absolute atomic E-state index is 12.8. The zero-order valence-electron chi connectivity index (χ0n) is 22.4. The van der Waals surface area contributed by atoms with E-state index in [0.29, 0.717) is 22.8 Å². The van der Waals surface area contributed by atoms with E-state index < -0.39 is 17.8 Å². The van der Waals surface area contributed by atoms with E-state index in [9.17, 15) is 27.9 Å². The number of hydrogen-bond acceptors (Lipinski definition) is 7. The molecule has 4 rings (SSSR count). The van der Waals surface area contributed by atoms with Crippen molar-refractivity contribution < 1.29 is 27.9 Å². The van der Waals surface area contributed by atoms with Crippen LogP contribution in [0.2, 0.25) is 0 Å². The first-order valence-electron chi connectivity index (χ1n) is 12.5. The number of carbonyl (C=O) groups is 2. The number of carbonyl (C=O) groups excluding carboxylic acids is 2. The largest absolute Gasteiger partial charge is 0.433 e. The lowest BCUT2D eigenvalue weighted by molar-refractivity contribution is -0.141. The van der Waals surface area contributed by atoms with Crippen molar-refractivity contribution in [1.82, 2.24) is 20.3 Å². The second-order valence-electron chi connectivity index (χ2n) is 9.28. The Bertz CT molecular complexity index is 1580. The molecule has 3 heterocycles. The number of pyridine rings is 3. The van der Waals surface area contributed by atoms with Crippen LogP contribution >= 0.6 is 0 Å². The zero-order chi connectivity index (χ0) is 29.7. The van der Waals surface area contributed by atoms with Gasteiger partial charge in [-0.2, -0.15) is 13.2 Å². The Hall–Kier alpha value is -4.84. The van der Waals surface area contributed by atoms with Crippen LogP contribution in [-0.4, -0.2) is 51.6 Å². The van der Waals surface area contributed by atoms with Gasteiger partial charge in [0.25, 0.3) is 11.8 Å². The smallest absolute Gasteiger partial charge is 0.394 e. The van der Waals surface area contributed by atoms with Crippen LogP contribution in [0.1, 0.15) is 39.0 Å². The number of benzene rings is 1. The van der Waals surface area contributed by atoms with Crippen molar-refractivity contribution in [1.29, 1.82) is 0 Å². The number of rotatable bonds is 8. The molecule has 3 aromatic heterocycles. The van der Waals surface area contributed by atoms with Gasteiger partial charge in [-0.15, -0.1) is 0 Å². The standard InChI is InChI=1S/C29H27F3N6O3/c1-16-4-6-21(37-27(40)19-5-7-25(35-14-19)29(30,31)32)13-22(16)20-11-23(38-26(12-20)36-17(2)15-39)18-8-9-34-24(10-18)28(41)33-3/h4-14,17,39H,15H2,1-3H3,(H,33,41)(H,36,38)(H,37,40)/t17-/m1/s1. The molecule has 12 heteroatoms. The Morgan fingerprint density at radius 3 is 2.41 bits per heavy atom. The number of aryl methyl sites for hydroxylation is 1. The predicted octanol–water partition coefficient (Wildman–Crippen LogP) is 4.94. The monoisotopic (exact) mass is 564 g/mol. The Kier molecular flexibility index (Phi) is 8.62. The van der Waals surface area contributed by atoms with Crippen molar-refractivity contribution >= 4 is 23.3 Å². The summed E-state index contributed by atoms with van der Waals surface area (Å²) >= 11 is 0. The molecule has 0 aliphatic carbocycles. The summed E-state index contributed by atoms with van der Waals surface area (Å²) in [5.74, 6) is -0.492. The Morgan fingerprint density at radius 1 is 0.976 bits per heavy atom. The molecule has 0 aliphatic rings. The third-order valence-corrected chi connectivity index (χ3v) is 6.13. The van der Waals surface area contributed by atoms with Crippen molar-refractivity contribution in [3.63, 3.8) is 0 Å². The molecule has 0 saturated carbocycles. The van der Waals surface area contributed by atoms with Crippen molar-refractivity contribution in [2.75, 3.05) is 24.3 Å². The number of hydrogen-bond donors (Lipinski definition) is 4. The summed E-state index contributed by atoms with van der Waals surface area (Å²) < 4.78 is 38.5. The van der Waals surface area contributed by atoms with Gasteiger partial charge in [-0.25, -0.2) is 4.98 Å². The molecule has 0 aliphatic heterocycles. The predicted molar refractivity (Wildman–Crippen MR) is 148 cm³/mol. The van der Waals surface area contributed by atoms with Crippen LogP contribution < -0.4 is 16.0 Å². The highest BCUT2D eigenvalue weighted by Crippen LogP contribution is 2.32. The van der Waals surface area contributed by atoms with Gasteiger partial charge < -0.3 is 21.1 Å². The summed E-state index contributed by atoms with van der Waals surface area (Å²) in [5.41, 5.74) is 3.04. The fourth-order valence-electron chi connectivity index (χ4n) is 3.96. The van der Waals surface area contributed by atoms with E-state index in [0.717, 1.165) is 35.0 Å². The highest BCUT2D eigenvalue weighted by atomic mass is 19.4. The van der Waals surface area contributed by atoms with Crippen LogP contribution in [0.3, 0.4) is 0 Å². The lowest BCUT2D eigenvalue weighted by Gasteiger charge is -2.16. The molecule has 4 aromatic rings. The molecular formula is C29H27F3N6O3. The van der Waals surface area contributed by atoms with Crippen molar-refractivity contribution in [2.24, 2.45) is 0 Å². The highest BCUT2D eigenvalue weighted by Gasteiger charge is 2.32. The highest BCUT2D eigenvalue weighted by molar-refractivity contribution is 6.04. The van der Waals surface area contributed by atoms with Gasteiger partial charge in [-0.1, -0.05) is 6.07 Å². The number of aromatic nitrogens is 3. The van der Waals surface area contributed by atoms with Gasteiger partial charge in [0, 0.05) is 36.7 Å². The SMILES string of the molecule is CNC(=O)c1cc(-c2cc(-c3cc(NC(=O)c4ccc(C(F)(F)F)nc4)ccc3C)cc(N[C@H](C)CO)n2)ccn1. The minimum atomic E-state index is -4.60. The molecule has 0 saturated heterocycles. The fourth-order valence-corrected chi connectivity index (χ4v) is 3.96. The van der Waals surface area contributed by atoms with Gasteiger partial charge in [0.1, 0.15) is 17.2 Å². The molecule has 0 unspecified atom stereocenters. The van der Waals surface area contributed by atoms with Crippen molar-refractivity contribution in [2.45, 2.75) is 26.1 Å². The van der Waals surface area contributed by atoms with Crippen LogP contribution in [0.5, 0.6) is 0 Å². The second-order valence-corrected chi connectivity index (χ2v) is 9.28. The molecule has 9 nitrogen and oxygen atoms in total. The van der Waals surface area contributed by atoms with Crippen molar-refractivity contribution in [3.8, 4) is 22.4 Å². The number of nitrogens with zero attached hydrogens (tertiary/aromatic N) is 3. The lowest BCUT2D eigenvalue weighted by Crippen LogP contribution is -2.20. The average molecular weight is 565 g/mol. The first kappa shape index (κ1) is 29.2. The first-order chi connectivity index (χ1) is 19.5. The van der Waals surface area contributed by atoms with E-state index in [1.807, 2.05) is 13.0 Å². The molecule has 0 bridgehead atoms. The van der Waals surface area contributed by atoms with Crippen LogP contribution in [0.15, 0.2) is 67.0 Å². The van der Waals surface area contributed by atoms with Crippen LogP contribution in [0.4, 0.5) is 24.7 Å². The molecule has 0 spiro atoms. The lowest BCUT2D eigenvalue weighted by atomic mass is 9.98. The number of nitrogens with one attached hydrogen (secondary N) is 3. The summed E-state index contributed by atoms with van der Waals surface area (Å²) in [4.78, 5) is 37.0. The normalized spacial score (nSPS) is 12.0. The van der Waals surface area contributed by atoms with Gasteiger partial charge >= 0.3 is 6.18 Å². The van der Waals surface area contributed by atoms with Gasteiger partial charge in [-0.3, -0.25) is 19.6 Å². The quantitative estimate of drug-likeness (QED) is 0.239. The number of halogens is 3. The number of anilines is 2. The van der Waals surface area contributed by atoms with Gasteiger partial charge in [0.05, 0.1) is 17.9 Å². The molecular weight excluding hydrogens is 537 g/mol. The summed E-state index contributed by atoms with van der Waals surface area (Å²) in [6, 6.07) is 13.7. The molecule has 1 aromatic carbocycles. The van der Waals surface area contributed by atoms with E-state index in [4.69, 9.17) is 0 Å². The molecule has 0 radical (unpaired) electrons. The van der Waals surface area contributed by atoms with Gasteiger partial charge in [0.2, 0.25) is 0 Å². The van der Waals surface area contributed by atoms with E-state index in [2.05, 4.69) is 30.9 Å². The minimum Gasteiger partial charge on any atom is -0.394 e. The van der Waals surface area contributed by atoms with E-state index in [1.54, 1.807) is 43.3 Å². The third-order valence-electron chi connectivity index (χ3n) is 6.13. The molecule has 1 atom stereocenters. The maximum Gasteiger partial charge on any atom is 0.433 e. The third kappa shape index (κ3) is 7.03. The van der Waals surface area contributed by atoms with Crippen LogP contribution in [0, 0.1) is 6.92 Å². The minimum absolute atomic E-state index is 0.0274. The Balaban J connectivity index is 1.71. The number of amides is 2. The average Bonchev–Trinajstić information content (AvgIpc) is 2.97. The topological polar surface area (TPSA) is 129 Å². The summed E-state index contributed by atoms with van der Waals surface area (Å²) in [5, 5.41) is 18.0. The number of alkyl halides is 3. The van der Waals surface area contributed by atoms with E-state index in [-0.39, 0.29) is 29.8 Å². The van der Waals surface area contributed by atoms with Crippen LogP contribution in [-0.2, 0) is 6.18 Å². The number of aliphatic hydroxyl groups excluding tert-OH is 1. The Labute approximate surface area is 233 Å². The summed E-state index contributed by atoms with van der Waals surface area (Å²) in [6.07, 6.45) is -2.22. The zero-order valence-corrected chi connectivity index (χ0v) is 22.4. The molecule has 2 amide bonds. The van der Waals surface area contributed by atoms with Gasteiger partial charge in [0.15, 0.2) is 0 Å². The maximum atomic E-state index is 12.8. The van der Waals surface area contributed by atoms with E-state index in [1.165, 1.54) is 13.2 Å². The molecule has 0 fully saturated rings.